The van der Waals surface area contributed by atoms with Crippen molar-refractivity contribution in [1.29, 1.82) is 0 Å². The van der Waals surface area contributed by atoms with Gasteiger partial charge in [-0.15, -0.1) is 0 Å². The van der Waals surface area contributed by atoms with Crippen molar-refractivity contribution in [3.63, 3.8) is 0 Å². The zero-order valence-electron chi connectivity index (χ0n) is 10.9. The monoisotopic (exact) mass is 289 g/mol. The van der Waals surface area contributed by atoms with E-state index in [2.05, 4.69) is 20.2 Å². The smallest absolute Gasteiger partial charge is 0.306 e. The Morgan fingerprint density at radius 3 is 2.80 bits per heavy atom. The highest BCUT2D eigenvalue weighted by Gasteiger charge is 2.25. The summed E-state index contributed by atoms with van der Waals surface area (Å²) in [6.07, 6.45) is 2.92. The first kappa shape index (κ1) is 13.1. The normalized spacial score (nSPS) is 16.3. The van der Waals surface area contributed by atoms with Gasteiger partial charge in [-0.2, -0.15) is 11.3 Å². The molecule has 0 unspecified atom stereocenters. The van der Waals surface area contributed by atoms with Crippen molar-refractivity contribution < 1.29 is 9.90 Å². The molecule has 1 aliphatic rings. The second-order valence-electron chi connectivity index (χ2n) is 4.87. The van der Waals surface area contributed by atoms with Crippen LogP contribution in [-0.4, -0.2) is 34.1 Å². The first-order valence-electron chi connectivity index (χ1n) is 6.56. The largest absolute Gasteiger partial charge is 0.481 e. The van der Waals surface area contributed by atoms with Crippen LogP contribution in [0.5, 0.6) is 0 Å². The molecule has 0 saturated carbocycles. The summed E-state index contributed by atoms with van der Waals surface area (Å²) in [5.41, 5.74) is 2.01. The third kappa shape index (κ3) is 2.65. The van der Waals surface area contributed by atoms with Gasteiger partial charge < -0.3 is 10.0 Å². The Hall–Kier alpha value is -1.95. The number of anilines is 1. The molecule has 5 nitrogen and oxygen atoms in total. The van der Waals surface area contributed by atoms with E-state index in [0.29, 0.717) is 12.8 Å². The van der Waals surface area contributed by atoms with E-state index in [1.807, 2.05) is 17.5 Å². The molecule has 0 bridgehead atoms. The van der Waals surface area contributed by atoms with Gasteiger partial charge in [0.25, 0.3) is 0 Å². The fourth-order valence-corrected chi connectivity index (χ4v) is 3.09. The second-order valence-corrected chi connectivity index (χ2v) is 5.65. The van der Waals surface area contributed by atoms with Crippen LogP contribution < -0.4 is 4.90 Å². The molecule has 6 heteroatoms. The number of thiophene rings is 1. The number of carboxylic acids is 1. The van der Waals surface area contributed by atoms with Crippen molar-refractivity contribution in [3.05, 3.63) is 29.2 Å². The summed E-state index contributed by atoms with van der Waals surface area (Å²) in [5.74, 6) is -0.0271. The lowest BCUT2D eigenvalue weighted by Gasteiger charge is -2.31. The fourth-order valence-electron chi connectivity index (χ4n) is 2.44. The van der Waals surface area contributed by atoms with E-state index in [0.717, 1.165) is 30.2 Å². The minimum atomic E-state index is -0.689. The number of rotatable bonds is 3. The lowest BCUT2D eigenvalue weighted by atomic mass is 9.97. The summed E-state index contributed by atoms with van der Waals surface area (Å²) >= 11 is 1.64. The Bertz CT molecular complexity index is 592. The number of hydrogen-bond acceptors (Lipinski definition) is 5. The number of hydrogen-bond donors (Lipinski definition) is 1. The van der Waals surface area contributed by atoms with Crippen molar-refractivity contribution in [2.75, 3.05) is 18.0 Å². The first-order chi connectivity index (χ1) is 9.74. The molecule has 2 aromatic heterocycles. The molecular weight excluding hydrogens is 274 g/mol. The van der Waals surface area contributed by atoms with E-state index in [9.17, 15) is 4.79 Å². The van der Waals surface area contributed by atoms with Crippen LogP contribution in [0.25, 0.3) is 11.3 Å². The predicted octanol–water partition coefficient (Wildman–Crippen LogP) is 2.51. The molecule has 0 radical (unpaired) electrons. The molecule has 0 atom stereocenters. The first-order valence-corrected chi connectivity index (χ1v) is 7.50. The van der Waals surface area contributed by atoms with Crippen LogP contribution in [0, 0.1) is 5.92 Å². The molecule has 0 aliphatic carbocycles. The number of carboxylic acid groups (broad SMARTS) is 1. The van der Waals surface area contributed by atoms with Crippen molar-refractivity contribution in [3.8, 4) is 11.3 Å². The van der Waals surface area contributed by atoms with E-state index in [1.54, 1.807) is 17.7 Å². The molecule has 1 N–H and O–H groups in total. The Morgan fingerprint density at radius 2 is 2.15 bits per heavy atom. The van der Waals surface area contributed by atoms with E-state index < -0.39 is 5.97 Å². The van der Waals surface area contributed by atoms with Gasteiger partial charge in [-0.05, 0) is 24.3 Å². The summed E-state index contributed by atoms with van der Waals surface area (Å²) in [6, 6.07) is 4.01. The zero-order chi connectivity index (χ0) is 13.9. The van der Waals surface area contributed by atoms with Gasteiger partial charge in [-0.1, -0.05) is 0 Å². The lowest BCUT2D eigenvalue weighted by Crippen LogP contribution is -2.36. The van der Waals surface area contributed by atoms with Gasteiger partial charge in [0.05, 0.1) is 11.6 Å². The molecule has 1 saturated heterocycles. The Morgan fingerprint density at radius 1 is 1.35 bits per heavy atom. The SMILES string of the molecule is O=C(O)C1CCN(c2cc(-c3ccsc3)ncn2)CC1. The molecule has 104 valence electrons. The average Bonchev–Trinajstić information content (AvgIpc) is 3.02. The van der Waals surface area contributed by atoms with Crippen LogP contribution in [-0.2, 0) is 4.79 Å². The highest BCUT2D eigenvalue weighted by Crippen LogP contribution is 2.26. The van der Waals surface area contributed by atoms with Crippen LogP contribution in [0.2, 0.25) is 0 Å². The third-order valence-electron chi connectivity index (χ3n) is 3.64. The fraction of sp³-hybridized carbons (Fsp3) is 0.357. The Balaban J connectivity index is 1.75. The Kier molecular flexibility index (Phi) is 3.64. The van der Waals surface area contributed by atoms with Crippen LogP contribution in [0.15, 0.2) is 29.2 Å². The minimum absolute atomic E-state index is 0.218. The highest BCUT2D eigenvalue weighted by atomic mass is 32.1. The molecular formula is C14H15N3O2S. The molecule has 2 aromatic rings. The number of carbonyl (C=O) groups is 1. The number of piperidine rings is 1. The lowest BCUT2D eigenvalue weighted by molar-refractivity contribution is -0.142. The number of nitrogens with zero attached hydrogens (tertiary/aromatic N) is 3. The average molecular weight is 289 g/mol. The van der Waals surface area contributed by atoms with Gasteiger partial charge in [0.1, 0.15) is 12.1 Å². The summed E-state index contributed by atoms with van der Waals surface area (Å²) in [4.78, 5) is 21.7. The summed E-state index contributed by atoms with van der Waals surface area (Å²) in [5, 5.41) is 13.1. The zero-order valence-corrected chi connectivity index (χ0v) is 11.7. The third-order valence-corrected chi connectivity index (χ3v) is 4.32. The van der Waals surface area contributed by atoms with E-state index in [1.165, 1.54) is 0 Å². The van der Waals surface area contributed by atoms with Crippen molar-refractivity contribution >= 4 is 23.1 Å². The number of aromatic nitrogens is 2. The van der Waals surface area contributed by atoms with E-state index in [-0.39, 0.29) is 5.92 Å². The molecule has 0 amide bonds. The van der Waals surface area contributed by atoms with Crippen LogP contribution >= 0.6 is 11.3 Å². The van der Waals surface area contributed by atoms with E-state index in [4.69, 9.17) is 5.11 Å². The van der Waals surface area contributed by atoms with Gasteiger partial charge in [-0.25, -0.2) is 9.97 Å². The maximum absolute atomic E-state index is 11.0. The molecule has 1 aliphatic heterocycles. The van der Waals surface area contributed by atoms with Gasteiger partial charge >= 0.3 is 5.97 Å². The maximum atomic E-state index is 11.0. The van der Waals surface area contributed by atoms with Gasteiger partial charge in [-0.3, -0.25) is 4.79 Å². The quantitative estimate of drug-likeness (QED) is 0.940. The minimum Gasteiger partial charge on any atom is -0.481 e. The van der Waals surface area contributed by atoms with Crippen LogP contribution in [0.3, 0.4) is 0 Å². The molecule has 3 rings (SSSR count). The van der Waals surface area contributed by atoms with Crippen LogP contribution in [0.1, 0.15) is 12.8 Å². The van der Waals surface area contributed by atoms with Crippen molar-refractivity contribution in [2.45, 2.75) is 12.8 Å². The second kappa shape index (κ2) is 5.58. The van der Waals surface area contributed by atoms with Crippen LogP contribution in [0.4, 0.5) is 5.82 Å². The van der Waals surface area contributed by atoms with Gasteiger partial charge in [0, 0.05) is 30.1 Å². The summed E-state index contributed by atoms with van der Waals surface area (Å²) in [6.45, 7) is 1.47. The Labute approximate surface area is 120 Å². The predicted molar refractivity (Wildman–Crippen MR) is 77.9 cm³/mol. The van der Waals surface area contributed by atoms with Crippen molar-refractivity contribution in [1.82, 2.24) is 9.97 Å². The molecule has 1 fully saturated rings. The number of aliphatic carboxylic acids is 1. The topological polar surface area (TPSA) is 66.3 Å². The summed E-state index contributed by atoms with van der Waals surface area (Å²) < 4.78 is 0. The standard InChI is InChI=1S/C14H15N3O2S/c18-14(19)10-1-4-17(5-2-10)13-7-12(15-9-16-13)11-3-6-20-8-11/h3,6-10H,1-2,4-5H2,(H,18,19). The van der Waals surface area contributed by atoms with Gasteiger partial charge in [0.2, 0.25) is 0 Å². The highest BCUT2D eigenvalue weighted by molar-refractivity contribution is 7.08. The molecule has 0 aromatic carbocycles. The molecule has 0 spiro atoms. The van der Waals surface area contributed by atoms with Gasteiger partial charge in [0.15, 0.2) is 0 Å². The molecule has 20 heavy (non-hydrogen) atoms. The summed E-state index contributed by atoms with van der Waals surface area (Å²) in [7, 11) is 0. The molecule has 3 heterocycles. The van der Waals surface area contributed by atoms with Crippen molar-refractivity contribution in [2.24, 2.45) is 5.92 Å². The maximum Gasteiger partial charge on any atom is 0.306 e. The van der Waals surface area contributed by atoms with E-state index >= 15 is 0 Å².